The Balaban J connectivity index is 2.54. The number of nitrogen functional groups attached to an aromatic ring is 1. The van der Waals surface area contributed by atoms with Crippen molar-refractivity contribution in [2.45, 2.75) is 52.5 Å². The Morgan fingerprint density at radius 2 is 2.11 bits per heavy atom. The summed E-state index contributed by atoms with van der Waals surface area (Å²) >= 11 is 0. The lowest BCUT2D eigenvalue weighted by Crippen LogP contribution is -2.32. The molecule has 3 heteroatoms. The molecule has 18 heavy (non-hydrogen) atoms. The minimum Gasteiger partial charge on any atom is -0.399 e. The van der Waals surface area contributed by atoms with Crippen LogP contribution >= 0.6 is 0 Å². The number of amides is 1. The first-order valence-corrected chi connectivity index (χ1v) is 6.71. The number of carbonyl (C=O) groups is 1. The summed E-state index contributed by atoms with van der Waals surface area (Å²) in [6.07, 6.45) is 4.63. The van der Waals surface area contributed by atoms with Gasteiger partial charge in [-0.15, -0.1) is 0 Å². The van der Waals surface area contributed by atoms with Crippen molar-refractivity contribution < 1.29 is 4.79 Å². The first-order chi connectivity index (χ1) is 8.54. The largest absolute Gasteiger partial charge is 0.399 e. The van der Waals surface area contributed by atoms with E-state index in [2.05, 4.69) is 19.2 Å². The molecule has 0 aliphatic heterocycles. The molecule has 0 saturated heterocycles. The van der Waals surface area contributed by atoms with E-state index in [4.69, 9.17) is 5.73 Å². The highest BCUT2D eigenvalue weighted by atomic mass is 16.1. The van der Waals surface area contributed by atoms with Crippen LogP contribution in [0.3, 0.4) is 0 Å². The zero-order chi connectivity index (χ0) is 13.5. The molecule has 0 saturated carbocycles. The van der Waals surface area contributed by atoms with Gasteiger partial charge in [0.05, 0.1) is 0 Å². The fourth-order valence-electron chi connectivity index (χ4n) is 2.02. The molecule has 3 N–H and O–H groups in total. The fraction of sp³-hybridized carbons (Fsp3) is 0.533. The lowest BCUT2D eigenvalue weighted by Gasteiger charge is -2.14. The van der Waals surface area contributed by atoms with Crippen LogP contribution < -0.4 is 11.1 Å². The number of rotatable bonds is 6. The lowest BCUT2D eigenvalue weighted by molar-refractivity contribution is 0.0937. The van der Waals surface area contributed by atoms with E-state index in [-0.39, 0.29) is 11.9 Å². The molecule has 1 aromatic carbocycles. The van der Waals surface area contributed by atoms with Gasteiger partial charge >= 0.3 is 0 Å². The van der Waals surface area contributed by atoms with Gasteiger partial charge in [0.25, 0.3) is 5.91 Å². The van der Waals surface area contributed by atoms with E-state index in [0.29, 0.717) is 11.3 Å². The first kappa shape index (κ1) is 14.6. The van der Waals surface area contributed by atoms with E-state index in [1.54, 1.807) is 12.1 Å². The van der Waals surface area contributed by atoms with E-state index in [1.807, 2.05) is 13.0 Å². The van der Waals surface area contributed by atoms with Gasteiger partial charge in [0.15, 0.2) is 0 Å². The van der Waals surface area contributed by atoms with Gasteiger partial charge in [0, 0.05) is 17.3 Å². The van der Waals surface area contributed by atoms with Crippen LogP contribution in [-0.4, -0.2) is 11.9 Å². The van der Waals surface area contributed by atoms with Crippen LogP contribution in [0.25, 0.3) is 0 Å². The predicted molar refractivity (Wildman–Crippen MR) is 76.7 cm³/mol. The van der Waals surface area contributed by atoms with Gasteiger partial charge in [0.2, 0.25) is 0 Å². The van der Waals surface area contributed by atoms with Crippen molar-refractivity contribution >= 4 is 11.6 Å². The molecule has 0 aromatic heterocycles. The number of nitrogens with one attached hydrogen (secondary N) is 1. The number of hydrogen-bond donors (Lipinski definition) is 2. The topological polar surface area (TPSA) is 55.1 Å². The number of benzene rings is 1. The van der Waals surface area contributed by atoms with E-state index < -0.39 is 0 Å². The third kappa shape index (κ3) is 4.40. The molecule has 0 radical (unpaired) electrons. The van der Waals surface area contributed by atoms with Crippen molar-refractivity contribution in [3.05, 3.63) is 29.3 Å². The van der Waals surface area contributed by atoms with Crippen molar-refractivity contribution in [1.29, 1.82) is 0 Å². The van der Waals surface area contributed by atoms with Crippen LogP contribution in [0.5, 0.6) is 0 Å². The number of nitrogens with two attached hydrogens (primary N) is 1. The van der Waals surface area contributed by atoms with E-state index in [1.165, 1.54) is 19.3 Å². The average Bonchev–Trinajstić information content (AvgIpc) is 2.28. The predicted octanol–water partition coefficient (Wildman–Crippen LogP) is 3.28. The normalized spacial score (nSPS) is 12.2. The Hall–Kier alpha value is -1.51. The molecule has 1 unspecified atom stereocenters. The molecule has 3 nitrogen and oxygen atoms in total. The Bertz CT molecular complexity index is 401. The molecule has 1 atom stereocenters. The van der Waals surface area contributed by atoms with Crippen LogP contribution in [0.1, 0.15) is 55.5 Å². The van der Waals surface area contributed by atoms with Crippen LogP contribution in [0.4, 0.5) is 5.69 Å². The summed E-state index contributed by atoms with van der Waals surface area (Å²) in [7, 11) is 0. The smallest absolute Gasteiger partial charge is 0.251 e. The molecule has 100 valence electrons. The number of anilines is 1. The van der Waals surface area contributed by atoms with Crippen LogP contribution in [0.2, 0.25) is 0 Å². The van der Waals surface area contributed by atoms with Crippen molar-refractivity contribution in [1.82, 2.24) is 5.32 Å². The van der Waals surface area contributed by atoms with Gasteiger partial charge in [-0.3, -0.25) is 4.79 Å². The van der Waals surface area contributed by atoms with Gasteiger partial charge in [-0.25, -0.2) is 0 Å². The summed E-state index contributed by atoms with van der Waals surface area (Å²) < 4.78 is 0. The molecule has 0 aliphatic carbocycles. The molecule has 0 heterocycles. The molecule has 0 bridgehead atoms. The summed E-state index contributed by atoms with van der Waals surface area (Å²) in [5.41, 5.74) is 8.01. The Kier molecular flexibility index (Phi) is 5.69. The highest BCUT2D eigenvalue weighted by Gasteiger charge is 2.11. The maximum absolute atomic E-state index is 12.1. The molecular weight excluding hydrogens is 224 g/mol. The SMILES string of the molecule is CCCCCC(C)NC(=O)c1ccc(N)cc1C. The third-order valence-electron chi connectivity index (χ3n) is 3.11. The average molecular weight is 248 g/mol. The van der Waals surface area contributed by atoms with Gasteiger partial charge in [0.1, 0.15) is 0 Å². The van der Waals surface area contributed by atoms with Crippen LogP contribution in [0.15, 0.2) is 18.2 Å². The van der Waals surface area contributed by atoms with Crippen molar-refractivity contribution in [2.24, 2.45) is 0 Å². The summed E-state index contributed by atoms with van der Waals surface area (Å²) in [4.78, 5) is 12.1. The summed E-state index contributed by atoms with van der Waals surface area (Å²) in [5, 5.41) is 3.04. The standard InChI is InChI=1S/C15H24N2O/c1-4-5-6-7-12(3)17-15(18)14-9-8-13(16)10-11(14)2/h8-10,12H,4-7,16H2,1-3H3,(H,17,18). The number of aryl methyl sites for hydroxylation is 1. The van der Waals surface area contributed by atoms with Crippen LogP contribution in [0, 0.1) is 6.92 Å². The quantitative estimate of drug-likeness (QED) is 0.599. The number of unbranched alkanes of at least 4 members (excludes halogenated alkanes) is 2. The van der Waals surface area contributed by atoms with Crippen molar-refractivity contribution in [3.63, 3.8) is 0 Å². The highest BCUT2D eigenvalue weighted by Crippen LogP contribution is 2.13. The maximum Gasteiger partial charge on any atom is 0.251 e. The van der Waals surface area contributed by atoms with Crippen LogP contribution in [-0.2, 0) is 0 Å². The monoisotopic (exact) mass is 248 g/mol. The molecule has 1 aromatic rings. The zero-order valence-electron chi connectivity index (χ0n) is 11.6. The van der Waals surface area contributed by atoms with E-state index in [9.17, 15) is 4.79 Å². The van der Waals surface area contributed by atoms with Gasteiger partial charge < -0.3 is 11.1 Å². The Morgan fingerprint density at radius 1 is 1.39 bits per heavy atom. The summed E-state index contributed by atoms with van der Waals surface area (Å²) in [6.45, 7) is 6.15. The summed E-state index contributed by atoms with van der Waals surface area (Å²) in [6, 6.07) is 5.61. The van der Waals surface area contributed by atoms with Gasteiger partial charge in [-0.05, 0) is 44.0 Å². The molecule has 0 spiro atoms. The van der Waals surface area contributed by atoms with Crippen molar-refractivity contribution in [2.75, 3.05) is 5.73 Å². The molecule has 0 fully saturated rings. The second-order valence-electron chi connectivity index (χ2n) is 4.94. The number of hydrogen-bond acceptors (Lipinski definition) is 2. The van der Waals surface area contributed by atoms with E-state index >= 15 is 0 Å². The first-order valence-electron chi connectivity index (χ1n) is 6.71. The molecule has 0 aliphatic rings. The highest BCUT2D eigenvalue weighted by molar-refractivity contribution is 5.96. The second kappa shape index (κ2) is 7.04. The third-order valence-corrected chi connectivity index (χ3v) is 3.11. The lowest BCUT2D eigenvalue weighted by atomic mass is 10.1. The Labute approximate surface area is 110 Å². The zero-order valence-corrected chi connectivity index (χ0v) is 11.6. The minimum atomic E-state index is -0.00324. The number of carbonyl (C=O) groups excluding carboxylic acids is 1. The Morgan fingerprint density at radius 3 is 2.72 bits per heavy atom. The van der Waals surface area contributed by atoms with Gasteiger partial charge in [-0.2, -0.15) is 0 Å². The molecule has 1 amide bonds. The fourth-order valence-corrected chi connectivity index (χ4v) is 2.02. The minimum absolute atomic E-state index is 0.00324. The molecule has 1 rings (SSSR count). The van der Waals surface area contributed by atoms with Crippen molar-refractivity contribution in [3.8, 4) is 0 Å². The summed E-state index contributed by atoms with van der Waals surface area (Å²) in [5.74, 6) is -0.00324. The van der Waals surface area contributed by atoms with E-state index in [0.717, 1.165) is 12.0 Å². The van der Waals surface area contributed by atoms with Gasteiger partial charge in [-0.1, -0.05) is 26.2 Å². The maximum atomic E-state index is 12.1. The second-order valence-corrected chi connectivity index (χ2v) is 4.94. The molecular formula is C15H24N2O.